The summed E-state index contributed by atoms with van der Waals surface area (Å²) < 4.78 is 5.63. The number of amides is 1. The van der Waals surface area contributed by atoms with Gasteiger partial charge < -0.3 is 4.74 Å². The minimum absolute atomic E-state index is 0.0129. The molecule has 0 aliphatic carbocycles. The van der Waals surface area contributed by atoms with Crippen molar-refractivity contribution >= 4 is 22.4 Å². The Morgan fingerprint density at radius 3 is 2.76 bits per heavy atom. The van der Waals surface area contributed by atoms with Crippen molar-refractivity contribution in [3.8, 4) is 5.75 Å². The van der Waals surface area contributed by atoms with Crippen LogP contribution in [0.5, 0.6) is 5.75 Å². The van der Waals surface area contributed by atoms with Crippen LogP contribution in [-0.2, 0) is 4.79 Å². The Kier molecular flexibility index (Phi) is 4.96. The van der Waals surface area contributed by atoms with Crippen LogP contribution in [0.3, 0.4) is 0 Å². The van der Waals surface area contributed by atoms with Gasteiger partial charge in [0.1, 0.15) is 5.75 Å². The van der Waals surface area contributed by atoms with E-state index in [1.54, 1.807) is 6.20 Å². The van der Waals surface area contributed by atoms with E-state index in [2.05, 4.69) is 30.2 Å². The van der Waals surface area contributed by atoms with E-state index >= 15 is 0 Å². The van der Waals surface area contributed by atoms with Crippen molar-refractivity contribution < 1.29 is 9.53 Å². The Bertz CT molecular complexity index is 635. The number of aromatic nitrogens is 1. The van der Waals surface area contributed by atoms with E-state index in [0.717, 1.165) is 16.2 Å². The quantitative estimate of drug-likeness (QED) is 0.911. The number of nitrogens with zero attached hydrogens (tertiary/aromatic N) is 1. The lowest BCUT2D eigenvalue weighted by molar-refractivity contribution is -0.118. The molecule has 5 heteroatoms. The summed E-state index contributed by atoms with van der Waals surface area (Å²) in [6.07, 6.45) is 1.73. The summed E-state index contributed by atoms with van der Waals surface area (Å²) >= 11 is 1.45. The molecule has 2 rings (SSSR count). The molecule has 0 unspecified atom stereocenters. The van der Waals surface area contributed by atoms with Crippen LogP contribution in [0.4, 0.5) is 5.13 Å². The van der Waals surface area contributed by atoms with Crippen LogP contribution in [-0.4, -0.2) is 17.5 Å². The van der Waals surface area contributed by atoms with Crippen molar-refractivity contribution in [1.29, 1.82) is 0 Å². The molecule has 0 saturated heterocycles. The first-order valence-electron chi connectivity index (χ1n) is 6.91. The number of ether oxygens (including phenoxy) is 1. The zero-order valence-corrected chi connectivity index (χ0v) is 13.6. The van der Waals surface area contributed by atoms with Crippen molar-refractivity contribution in [2.45, 2.75) is 33.6 Å². The maximum Gasteiger partial charge on any atom is 0.264 e. The summed E-state index contributed by atoms with van der Waals surface area (Å²) in [6, 6.07) is 6.11. The molecule has 1 amide bonds. The summed E-state index contributed by atoms with van der Waals surface area (Å²) in [5, 5.41) is 3.34. The molecule has 0 saturated carbocycles. The lowest BCUT2D eigenvalue weighted by atomic mass is 10.0. The van der Waals surface area contributed by atoms with E-state index in [-0.39, 0.29) is 12.5 Å². The fourth-order valence-corrected chi connectivity index (χ4v) is 2.52. The molecule has 0 atom stereocenters. The highest BCUT2D eigenvalue weighted by molar-refractivity contribution is 7.15. The summed E-state index contributed by atoms with van der Waals surface area (Å²) in [4.78, 5) is 17.0. The summed E-state index contributed by atoms with van der Waals surface area (Å²) in [6.45, 7) is 8.17. The molecule has 1 heterocycles. The van der Waals surface area contributed by atoms with Crippen LogP contribution >= 0.6 is 11.3 Å². The number of hydrogen-bond donors (Lipinski definition) is 1. The van der Waals surface area contributed by atoms with Gasteiger partial charge in [-0.25, -0.2) is 4.98 Å². The number of aryl methyl sites for hydroxylation is 2. The molecule has 2 aromatic rings. The number of carbonyl (C=O) groups excluding carboxylic acids is 1. The maximum absolute atomic E-state index is 11.9. The summed E-state index contributed by atoms with van der Waals surface area (Å²) in [7, 11) is 0. The Morgan fingerprint density at radius 1 is 1.38 bits per heavy atom. The smallest absolute Gasteiger partial charge is 0.264 e. The molecular formula is C16H20N2O2S. The monoisotopic (exact) mass is 304 g/mol. The van der Waals surface area contributed by atoms with Gasteiger partial charge in [-0.05, 0) is 37.0 Å². The predicted molar refractivity (Wildman–Crippen MR) is 86.2 cm³/mol. The SMILES string of the molecule is Cc1cnc(NC(=O)COc2cc(C(C)C)ccc2C)s1. The van der Waals surface area contributed by atoms with Gasteiger partial charge in [-0.15, -0.1) is 11.3 Å². The van der Waals surface area contributed by atoms with Gasteiger partial charge in [0.25, 0.3) is 5.91 Å². The average Bonchev–Trinajstić information content (AvgIpc) is 2.82. The molecule has 1 N–H and O–H groups in total. The van der Waals surface area contributed by atoms with Crippen LogP contribution in [0.1, 0.15) is 35.8 Å². The van der Waals surface area contributed by atoms with Crippen molar-refractivity contribution in [3.05, 3.63) is 40.4 Å². The molecular weight excluding hydrogens is 284 g/mol. The molecule has 0 spiro atoms. The highest BCUT2D eigenvalue weighted by atomic mass is 32.1. The van der Waals surface area contributed by atoms with Gasteiger partial charge in [-0.1, -0.05) is 26.0 Å². The summed E-state index contributed by atoms with van der Waals surface area (Å²) in [5.41, 5.74) is 2.23. The third-order valence-corrected chi connectivity index (χ3v) is 3.93. The average molecular weight is 304 g/mol. The second-order valence-electron chi connectivity index (χ2n) is 5.29. The van der Waals surface area contributed by atoms with E-state index < -0.39 is 0 Å². The van der Waals surface area contributed by atoms with Gasteiger partial charge >= 0.3 is 0 Å². The molecule has 1 aromatic heterocycles. The van der Waals surface area contributed by atoms with Gasteiger partial charge in [-0.3, -0.25) is 10.1 Å². The van der Waals surface area contributed by atoms with Gasteiger partial charge in [-0.2, -0.15) is 0 Å². The fraction of sp³-hybridized carbons (Fsp3) is 0.375. The molecule has 112 valence electrons. The number of thiazole rings is 1. The Balaban J connectivity index is 1.96. The van der Waals surface area contributed by atoms with Crippen molar-refractivity contribution in [2.24, 2.45) is 0 Å². The van der Waals surface area contributed by atoms with Gasteiger partial charge in [0.05, 0.1) is 0 Å². The maximum atomic E-state index is 11.9. The predicted octanol–water partition coefficient (Wildman–Crippen LogP) is 3.90. The number of carbonyl (C=O) groups is 1. The minimum Gasteiger partial charge on any atom is -0.483 e. The highest BCUT2D eigenvalue weighted by Gasteiger charge is 2.09. The standard InChI is InChI=1S/C16H20N2O2S/c1-10(2)13-6-5-11(3)14(7-13)20-9-15(19)18-16-17-8-12(4)21-16/h5-8,10H,9H2,1-4H3,(H,17,18,19). The molecule has 21 heavy (non-hydrogen) atoms. The number of nitrogens with one attached hydrogen (secondary N) is 1. The molecule has 0 fully saturated rings. The van der Waals surface area contributed by atoms with Gasteiger partial charge in [0.15, 0.2) is 11.7 Å². The minimum atomic E-state index is -0.196. The van der Waals surface area contributed by atoms with Crippen molar-refractivity contribution in [1.82, 2.24) is 4.98 Å². The van der Waals surface area contributed by atoms with E-state index in [1.165, 1.54) is 16.9 Å². The van der Waals surface area contributed by atoms with Crippen LogP contribution in [0.25, 0.3) is 0 Å². The Morgan fingerprint density at radius 2 is 2.14 bits per heavy atom. The first kappa shape index (κ1) is 15.5. The van der Waals surface area contributed by atoms with Gasteiger partial charge in [0, 0.05) is 11.1 Å². The van der Waals surface area contributed by atoms with Crippen LogP contribution in [0, 0.1) is 13.8 Å². The second-order valence-corrected chi connectivity index (χ2v) is 6.53. The van der Waals surface area contributed by atoms with E-state index in [0.29, 0.717) is 11.0 Å². The molecule has 1 aromatic carbocycles. The van der Waals surface area contributed by atoms with E-state index in [9.17, 15) is 4.79 Å². The second kappa shape index (κ2) is 6.72. The Labute approximate surface area is 129 Å². The van der Waals surface area contributed by atoms with Gasteiger partial charge in [0.2, 0.25) is 0 Å². The number of anilines is 1. The third kappa shape index (κ3) is 4.29. The largest absolute Gasteiger partial charge is 0.483 e. The molecule has 4 nitrogen and oxygen atoms in total. The molecule has 0 aliphatic heterocycles. The molecule has 0 aliphatic rings. The Hall–Kier alpha value is -1.88. The number of hydrogen-bond acceptors (Lipinski definition) is 4. The van der Waals surface area contributed by atoms with Crippen molar-refractivity contribution in [3.63, 3.8) is 0 Å². The van der Waals surface area contributed by atoms with E-state index in [1.807, 2.05) is 26.0 Å². The van der Waals surface area contributed by atoms with Crippen molar-refractivity contribution in [2.75, 3.05) is 11.9 Å². The van der Waals surface area contributed by atoms with Crippen LogP contribution in [0.2, 0.25) is 0 Å². The first-order chi connectivity index (χ1) is 9.95. The molecule has 0 radical (unpaired) electrons. The van der Waals surface area contributed by atoms with Crippen LogP contribution in [0.15, 0.2) is 24.4 Å². The normalized spacial score (nSPS) is 10.7. The van der Waals surface area contributed by atoms with Crippen LogP contribution < -0.4 is 10.1 Å². The lowest BCUT2D eigenvalue weighted by Gasteiger charge is -2.12. The highest BCUT2D eigenvalue weighted by Crippen LogP contribution is 2.24. The molecule has 0 bridgehead atoms. The zero-order valence-electron chi connectivity index (χ0n) is 12.8. The lowest BCUT2D eigenvalue weighted by Crippen LogP contribution is -2.20. The number of rotatable bonds is 5. The summed E-state index contributed by atoms with van der Waals surface area (Å²) in [5.74, 6) is 0.991. The zero-order chi connectivity index (χ0) is 15.4. The fourth-order valence-electron chi connectivity index (χ4n) is 1.84. The van der Waals surface area contributed by atoms with E-state index in [4.69, 9.17) is 4.74 Å². The topological polar surface area (TPSA) is 51.2 Å². The first-order valence-corrected chi connectivity index (χ1v) is 7.73. The third-order valence-electron chi connectivity index (χ3n) is 3.11. The number of benzene rings is 1.